The number of nitrogens with two attached hydrogens (primary N) is 1. The minimum atomic E-state index is -4.58. The molecule has 0 spiro atoms. The lowest BCUT2D eigenvalue weighted by molar-refractivity contribution is -0.177. The monoisotopic (exact) mass is 367 g/mol. The second-order valence-electron chi connectivity index (χ2n) is 6.81. The van der Waals surface area contributed by atoms with Crippen molar-refractivity contribution in [3.63, 3.8) is 0 Å². The number of hydrogen-bond acceptors (Lipinski definition) is 3. The molecule has 2 N–H and O–H groups in total. The zero-order chi connectivity index (χ0) is 19.1. The maximum Gasteiger partial charge on any atom is 0.404 e. The molecule has 0 bridgehead atoms. The van der Waals surface area contributed by atoms with E-state index in [1.165, 1.54) is 32.1 Å². The van der Waals surface area contributed by atoms with Gasteiger partial charge in [-0.05, 0) is 12.8 Å². The number of rotatable bonds is 15. The summed E-state index contributed by atoms with van der Waals surface area (Å²) in [6.45, 7) is 4.26. The van der Waals surface area contributed by atoms with Crippen LogP contribution < -0.4 is 5.73 Å². The number of alkyl halides is 3. The molecule has 0 fully saturated rings. The van der Waals surface area contributed by atoms with Crippen LogP contribution in [0.15, 0.2) is 0 Å². The van der Waals surface area contributed by atoms with Crippen LogP contribution in [0.25, 0.3) is 0 Å². The van der Waals surface area contributed by atoms with Crippen molar-refractivity contribution < 1.29 is 22.7 Å². The summed E-state index contributed by atoms with van der Waals surface area (Å²) in [6, 6.07) is -2.14. The maximum absolute atomic E-state index is 12.9. The van der Waals surface area contributed by atoms with E-state index in [9.17, 15) is 18.0 Å². The van der Waals surface area contributed by atoms with Crippen LogP contribution in [-0.2, 0) is 9.53 Å². The fourth-order valence-corrected chi connectivity index (χ4v) is 2.77. The second kappa shape index (κ2) is 14.4. The zero-order valence-electron chi connectivity index (χ0n) is 15.9. The minimum absolute atomic E-state index is 0.140. The summed E-state index contributed by atoms with van der Waals surface area (Å²) < 4.78 is 43.7. The zero-order valence-corrected chi connectivity index (χ0v) is 15.9. The predicted octanol–water partition coefficient (Wildman–Crippen LogP) is 5.76. The molecule has 0 rings (SSSR count). The van der Waals surface area contributed by atoms with Crippen molar-refractivity contribution in [1.29, 1.82) is 0 Å². The number of unbranched alkanes of at least 4 members (excludes halogenated alkanes) is 9. The van der Waals surface area contributed by atoms with E-state index in [1.807, 2.05) is 6.92 Å². The largest absolute Gasteiger partial charge is 0.465 e. The van der Waals surface area contributed by atoms with Crippen molar-refractivity contribution in [3.8, 4) is 0 Å². The summed E-state index contributed by atoms with van der Waals surface area (Å²) in [4.78, 5) is 12.0. The van der Waals surface area contributed by atoms with Gasteiger partial charge >= 0.3 is 12.1 Å². The first-order valence-electron chi connectivity index (χ1n) is 9.83. The topological polar surface area (TPSA) is 52.3 Å². The summed E-state index contributed by atoms with van der Waals surface area (Å²) in [5.41, 5.74) is 5.28. The molecule has 0 amide bonds. The molecule has 3 nitrogen and oxygen atoms in total. The lowest BCUT2D eigenvalue weighted by Gasteiger charge is -2.24. The Bertz CT molecular complexity index is 335. The van der Waals surface area contributed by atoms with Gasteiger partial charge in [0.1, 0.15) is 6.04 Å². The molecule has 0 heterocycles. The number of esters is 1. The van der Waals surface area contributed by atoms with Crippen LogP contribution >= 0.6 is 0 Å². The van der Waals surface area contributed by atoms with Gasteiger partial charge in [-0.25, -0.2) is 0 Å². The SMILES string of the molecule is CCCCCCCCCCC[C@H](C(=O)OCCCC)[C@H](N)C(F)(F)F. The minimum Gasteiger partial charge on any atom is -0.465 e. The third-order valence-corrected chi connectivity index (χ3v) is 4.48. The summed E-state index contributed by atoms with van der Waals surface area (Å²) in [7, 11) is 0. The summed E-state index contributed by atoms with van der Waals surface area (Å²) >= 11 is 0. The number of hydrogen-bond donors (Lipinski definition) is 1. The average Bonchev–Trinajstić information content (AvgIpc) is 2.55. The van der Waals surface area contributed by atoms with Gasteiger partial charge in [-0.3, -0.25) is 4.79 Å². The first-order valence-corrected chi connectivity index (χ1v) is 9.83. The molecule has 0 saturated heterocycles. The molecule has 0 aromatic rings. The average molecular weight is 367 g/mol. The van der Waals surface area contributed by atoms with Gasteiger partial charge in [0.25, 0.3) is 0 Å². The Labute approximate surface area is 150 Å². The van der Waals surface area contributed by atoms with Crippen molar-refractivity contribution in [2.75, 3.05) is 6.61 Å². The van der Waals surface area contributed by atoms with E-state index >= 15 is 0 Å². The molecule has 0 aromatic heterocycles. The van der Waals surface area contributed by atoms with Gasteiger partial charge in [-0.15, -0.1) is 0 Å². The maximum atomic E-state index is 12.9. The molecule has 0 radical (unpaired) electrons. The Balaban J connectivity index is 4.16. The highest BCUT2D eigenvalue weighted by atomic mass is 19.4. The lowest BCUT2D eigenvalue weighted by Crippen LogP contribution is -2.47. The molecule has 2 atom stereocenters. The van der Waals surface area contributed by atoms with Crippen molar-refractivity contribution in [1.82, 2.24) is 0 Å². The molecule has 6 heteroatoms. The van der Waals surface area contributed by atoms with Crippen LogP contribution in [0.2, 0.25) is 0 Å². The van der Waals surface area contributed by atoms with Crippen molar-refractivity contribution >= 4 is 5.97 Å². The summed E-state index contributed by atoms with van der Waals surface area (Å²) in [5.74, 6) is -2.10. The Hall–Kier alpha value is -0.780. The number of halogens is 3. The van der Waals surface area contributed by atoms with E-state index < -0.39 is 24.1 Å². The highest BCUT2D eigenvalue weighted by molar-refractivity contribution is 5.73. The fraction of sp³-hybridized carbons (Fsp3) is 0.947. The van der Waals surface area contributed by atoms with E-state index in [4.69, 9.17) is 10.5 Å². The van der Waals surface area contributed by atoms with Gasteiger partial charge in [-0.2, -0.15) is 13.2 Å². The first-order chi connectivity index (χ1) is 11.8. The quantitative estimate of drug-likeness (QED) is 0.296. The third kappa shape index (κ3) is 12.2. The van der Waals surface area contributed by atoms with Gasteiger partial charge in [-0.1, -0.05) is 78.1 Å². The molecule has 0 aliphatic heterocycles. The van der Waals surface area contributed by atoms with Crippen LogP contribution in [0.3, 0.4) is 0 Å². The Morgan fingerprint density at radius 1 is 0.880 bits per heavy atom. The van der Waals surface area contributed by atoms with Gasteiger partial charge in [0, 0.05) is 0 Å². The van der Waals surface area contributed by atoms with Crippen LogP contribution in [-0.4, -0.2) is 24.8 Å². The van der Waals surface area contributed by atoms with Crippen molar-refractivity contribution in [2.24, 2.45) is 11.7 Å². The molecule has 150 valence electrons. The highest BCUT2D eigenvalue weighted by Gasteiger charge is 2.45. The number of carbonyl (C=O) groups excluding carboxylic acids is 1. The molecular weight excluding hydrogens is 331 g/mol. The molecule has 0 saturated carbocycles. The number of carbonyl (C=O) groups is 1. The molecular formula is C19H36F3NO2. The van der Waals surface area contributed by atoms with Crippen LogP contribution in [0.4, 0.5) is 13.2 Å². The lowest BCUT2D eigenvalue weighted by atomic mass is 9.93. The van der Waals surface area contributed by atoms with Crippen LogP contribution in [0.1, 0.15) is 90.9 Å². The van der Waals surface area contributed by atoms with Gasteiger partial charge in [0.05, 0.1) is 12.5 Å². The standard InChI is InChI=1S/C19H36F3NO2/c1-3-5-7-8-9-10-11-12-13-14-16(17(23)19(20,21)22)18(24)25-15-6-4-2/h16-17H,3-15,23H2,1-2H3/t16-,17-/m0/s1. The predicted molar refractivity (Wildman–Crippen MR) is 95.2 cm³/mol. The third-order valence-electron chi connectivity index (χ3n) is 4.48. The van der Waals surface area contributed by atoms with Gasteiger partial charge in [0.2, 0.25) is 0 Å². The van der Waals surface area contributed by atoms with E-state index in [1.54, 1.807) is 0 Å². The molecule has 25 heavy (non-hydrogen) atoms. The molecule has 0 unspecified atom stereocenters. The Morgan fingerprint density at radius 3 is 1.84 bits per heavy atom. The van der Waals surface area contributed by atoms with E-state index in [0.717, 1.165) is 25.7 Å². The normalized spacial score (nSPS) is 14.3. The van der Waals surface area contributed by atoms with Gasteiger partial charge < -0.3 is 10.5 Å². The Morgan fingerprint density at radius 2 is 1.36 bits per heavy atom. The number of ether oxygens (including phenoxy) is 1. The van der Waals surface area contributed by atoms with Crippen molar-refractivity contribution in [2.45, 2.75) is 103 Å². The fourth-order valence-electron chi connectivity index (χ4n) is 2.77. The summed E-state index contributed by atoms with van der Waals surface area (Å²) in [5, 5.41) is 0. The van der Waals surface area contributed by atoms with Crippen molar-refractivity contribution in [3.05, 3.63) is 0 Å². The molecule has 0 aromatic carbocycles. The van der Waals surface area contributed by atoms with Crippen LogP contribution in [0.5, 0.6) is 0 Å². The van der Waals surface area contributed by atoms with Gasteiger partial charge in [0.15, 0.2) is 0 Å². The smallest absolute Gasteiger partial charge is 0.404 e. The van der Waals surface area contributed by atoms with E-state index in [0.29, 0.717) is 12.8 Å². The summed E-state index contributed by atoms with van der Waals surface area (Å²) in [6.07, 6.45) is 6.65. The van der Waals surface area contributed by atoms with E-state index in [2.05, 4.69) is 6.92 Å². The first kappa shape index (κ1) is 24.2. The highest BCUT2D eigenvalue weighted by Crippen LogP contribution is 2.28. The molecule has 0 aliphatic carbocycles. The Kier molecular flexibility index (Phi) is 13.9. The molecule has 0 aliphatic rings. The second-order valence-corrected chi connectivity index (χ2v) is 6.81. The van der Waals surface area contributed by atoms with Crippen LogP contribution in [0, 0.1) is 5.92 Å². The van der Waals surface area contributed by atoms with E-state index in [-0.39, 0.29) is 13.0 Å².